The Labute approximate surface area is 73.3 Å². The van der Waals surface area contributed by atoms with Crippen molar-refractivity contribution in [3.8, 4) is 0 Å². The van der Waals surface area contributed by atoms with Crippen molar-refractivity contribution in [1.29, 1.82) is 0 Å². The summed E-state index contributed by atoms with van der Waals surface area (Å²) in [5, 5.41) is 4.36. The Balaban J connectivity index is 2.62. The quantitative estimate of drug-likeness (QED) is 0.679. The Kier molecular flexibility index (Phi) is 3.29. The predicted molar refractivity (Wildman–Crippen MR) is 48.2 cm³/mol. The second-order valence-corrected chi connectivity index (χ2v) is 2.85. The van der Waals surface area contributed by atoms with Crippen LogP contribution < -0.4 is 0 Å². The molecule has 0 spiro atoms. The third-order valence-electron chi connectivity index (χ3n) is 1.95. The Hall–Kier alpha value is -0.830. The molecular weight excluding hydrogens is 152 g/mol. The Morgan fingerprint density at radius 1 is 1.58 bits per heavy atom. The molecule has 12 heavy (non-hydrogen) atoms. The minimum absolute atomic E-state index is 0.726. The maximum Gasteiger partial charge on any atom is 0.0658 e. The maximum atomic E-state index is 4.97. The van der Waals surface area contributed by atoms with Gasteiger partial charge in [-0.2, -0.15) is 5.10 Å². The second-order valence-electron chi connectivity index (χ2n) is 2.85. The molecule has 1 heterocycles. The number of aromatic nitrogens is 2. The fourth-order valence-corrected chi connectivity index (χ4v) is 1.21. The summed E-state index contributed by atoms with van der Waals surface area (Å²) in [5.74, 6) is 0. The van der Waals surface area contributed by atoms with Gasteiger partial charge in [0.2, 0.25) is 0 Å². The number of hydrogen-bond donors (Lipinski definition) is 0. The van der Waals surface area contributed by atoms with Crippen LogP contribution in [0.1, 0.15) is 18.2 Å². The van der Waals surface area contributed by atoms with Gasteiger partial charge in [-0.05, 0) is 18.9 Å². The lowest BCUT2D eigenvalue weighted by Crippen LogP contribution is -2.04. The summed E-state index contributed by atoms with van der Waals surface area (Å²) >= 11 is 0. The highest BCUT2D eigenvalue weighted by Gasteiger charge is 2.01. The van der Waals surface area contributed by atoms with Gasteiger partial charge in [-0.3, -0.25) is 4.68 Å². The van der Waals surface area contributed by atoms with Crippen LogP contribution >= 0.6 is 0 Å². The third kappa shape index (κ3) is 2.08. The molecule has 1 aromatic rings. The molecule has 1 rings (SSSR count). The number of nitrogens with zero attached hydrogens (tertiary/aromatic N) is 2. The van der Waals surface area contributed by atoms with E-state index >= 15 is 0 Å². The van der Waals surface area contributed by atoms with Gasteiger partial charge in [0.1, 0.15) is 0 Å². The standard InChI is InChI=1S/C9H16N2O/c1-4-9-7-11(5-6-12-3)10-8(9)2/h7H,4-6H2,1-3H3. The van der Waals surface area contributed by atoms with Crippen LogP contribution in [-0.4, -0.2) is 23.5 Å². The van der Waals surface area contributed by atoms with Gasteiger partial charge >= 0.3 is 0 Å². The van der Waals surface area contributed by atoms with Gasteiger partial charge in [0.15, 0.2) is 0 Å². The van der Waals surface area contributed by atoms with E-state index in [0.717, 1.165) is 25.3 Å². The highest BCUT2D eigenvalue weighted by atomic mass is 16.5. The molecule has 0 atom stereocenters. The molecule has 0 saturated carbocycles. The predicted octanol–water partition coefficient (Wildman–Crippen LogP) is 1.40. The van der Waals surface area contributed by atoms with Crippen molar-refractivity contribution in [2.75, 3.05) is 13.7 Å². The number of hydrogen-bond acceptors (Lipinski definition) is 2. The monoisotopic (exact) mass is 168 g/mol. The fourth-order valence-electron chi connectivity index (χ4n) is 1.21. The largest absolute Gasteiger partial charge is 0.383 e. The van der Waals surface area contributed by atoms with Crippen LogP contribution in [0.15, 0.2) is 6.20 Å². The Morgan fingerprint density at radius 3 is 2.83 bits per heavy atom. The van der Waals surface area contributed by atoms with Gasteiger partial charge in [-0.25, -0.2) is 0 Å². The van der Waals surface area contributed by atoms with Crippen molar-refractivity contribution in [3.63, 3.8) is 0 Å². The van der Waals surface area contributed by atoms with E-state index in [1.807, 2.05) is 11.6 Å². The molecule has 0 saturated heterocycles. The molecule has 0 aliphatic carbocycles. The van der Waals surface area contributed by atoms with Crippen LogP contribution in [0, 0.1) is 6.92 Å². The normalized spacial score (nSPS) is 10.6. The SMILES string of the molecule is CCc1cn(CCOC)nc1C. The van der Waals surface area contributed by atoms with E-state index < -0.39 is 0 Å². The average Bonchev–Trinajstić information content (AvgIpc) is 2.43. The Morgan fingerprint density at radius 2 is 2.33 bits per heavy atom. The minimum Gasteiger partial charge on any atom is -0.383 e. The van der Waals surface area contributed by atoms with Gasteiger partial charge in [0.25, 0.3) is 0 Å². The fraction of sp³-hybridized carbons (Fsp3) is 0.667. The summed E-state index contributed by atoms with van der Waals surface area (Å²) in [6.45, 7) is 5.76. The first kappa shape index (κ1) is 9.26. The van der Waals surface area contributed by atoms with Crippen molar-refractivity contribution < 1.29 is 4.74 Å². The molecule has 0 radical (unpaired) electrons. The van der Waals surface area contributed by atoms with E-state index in [9.17, 15) is 0 Å². The maximum absolute atomic E-state index is 4.97. The zero-order valence-electron chi connectivity index (χ0n) is 8.00. The van der Waals surface area contributed by atoms with E-state index in [2.05, 4.69) is 18.2 Å². The first-order valence-corrected chi connectivity index (χ1v) is 4.29. The molecule has 0 amide bonds. The van der Waals surface area contributed by atoms with E-state index in [1.54, 1.807) is 7.11 Å². The number of rotatable bonds is 4. The number of aryl methyl sites for hydroxylation is 2. The third-order valence-corrected chi connectivity index (χ3v) is 1.95. The van der Waals surface area contributed by atoms with Crippen LogP contribution in [0.25, 0.3) is 0 Å². The van der Waals surface area contributed by atoms with Crippen LogP contribution in [0.3, 0.4) is 0 Å². The zero-order valence-corrected chi connectivity index (χ0v) is 8.00. The van der Waals surface area contributed by atoms with Crippen molar-refractivity contribution in [2.24, 2.45) is 0 Å². The zero-order chi connectivity index (χ0) is 8.97. The molecule has 3 nitrogen and oxygen atoms in total. The van der Waals surface area contributed by atoms with Crippen molar-refractivity contribution in [3.05, 3.63) is 17.5 Å². The summed E-state index contributed by atoms with van der Waals surface area (Å²) in [5.41, 5.74) is 2.46. The van der Waals surface area contributed by atoms with Gasteiger partial charge < -0.3 is 4.74 Å². The molecule has 0 unspecified atom stereocenters. The topological polar surface area (TPSA) is 27.1 Å². The average molecular weight is 168 g/mol. The summed E-state index contributed by atoms with van der Waals surface area (Å²) < 4.78 is 6.91. The smallest absolute Gasteiger partial charge is 0.0658 e. The lowest BCUT2D eigenvalue weighted by Gasteiger charge is -1.97. The van der Waals surface area contributed by atoms with Crippen LogP contribution in [0.5, 0.6) is 0 Å². The van der Waals surface area contributed by atoms with Crippen LogP contribution in [0.4, 0.5) is 0 Å². The lowest BCUT2D eigenvalue weighted by atomic mass is 10.2. The molecule has 0 aliphatic rings. The molecule has 0 bridgehead atoms. The first-order chi connectivity index (χ1) is 5.77. The van der Waals surface area contributed by atoms with Gasteiger partial charge in [-0.1, -0.05) is 6.92 Å². The van der Waals surface area contributed by atoms with E-state index in [4.69, 9.17) is 4.74 Å². The van der Waals surface area contributed by atoms with Gasteiger partial charge in [-0.15, -0.1) is 0 Å². The summed E-state index contributed by atoms with van der Waals surface area (Å²) in [6.07, 6.45) is 3.15. The Bertz CT molecular complexity index is 243. The molecule has 68 valence electrons. The van der Waals surface area contributed by atoms with Crippen molar-refractivity contribution in [1.82, 2.24) is 9.78 Å². The highest BCUT2D eigenvalue weighted by molar-refractivity contribution is 5.14. The first-order valence-electron chi connectivity index (χ1n) is 4.29. The molecule has 0 N–H and O–H groups in total. The summed E-state index contributed by atoms with van der Waals surface area (Å²) in [7, 11) is 1.71. The summed E-state index contributed by atoms with van der Waals surface area (Å²) in [6, 6.07) is 0. The van der Waals surface area contributed by atoms with E-state index in [-0.39, 0.29) is 0 Å². The van der Waals surface area contributed by atoms with Gasteiger partial charge in [0, 0.05) is 13.3 Å². The molecule has 0 aliphatic heterocycles. The molecule has 3 heteroatoms. The van der Waals surface area contributed by atoms with Gasteiger partial charge in [0.05, 0.1) is 18.8 Å². The molecule has 1 aromatic heterocycles. The van der Waals surface area contributed by atoms with E-state index in [1.165, 1.54) is 5.56 Å². The number of methoxy groups -OCH3 is 1. The second kappa shape index (κ2) is 4.26. The highest BCUT2D eigenvalue weighted by Crippen LogP contribution is 2.05. The molecule has 0 aromatic carbocycles. The van der Waals surface area contributed by atoms with Crippen LogP contribution in [-0.2, 0) is 17.7 Å². The molecular formula is C9H16N2O. The number of ether oxygens (including phenoxy) is 1. The van der Waals surface area contributed by atoms with Crippen molar-refractivity contribution in [2.45, 2.75) is 26.8 Å². The lowest BCUT2D eigenvalue weighted by molar-refractivity contribution is 0.183. The van der Waals surface area contributed by atoms with E-state index in [0.29, 0.717) is 0 Å². The molecule has 0 fully saturated rings. The minimum atomic E-state index is 0.726. The van der Waals surface area contributed by atoms with Crippen molar-refractivity contribution >= 4 is 0 Å². The summed E-state index contributed by atoms with van der Waals surface area (Å²) in [4.78, 5) is 0. The van der Waals surface area contributed by atoms with Crippen LogP contribution in [0.2, 0.25) is 0 Å².